The van der Waals surface area contributed by atoms with Crippen molar-refractivity contribution < 1.29 is 4.79 Å². The number of likely N-dealkylation sites (tertiary alicyclic amines) is 1. The Balaban J connectivity index is 2.11. The normalized spacial score (nSPS) is 18.6. The van der Waals surface area contributed by atoms with Gasteiger partial charge >= 0.3 is 0 Å². The Morgan fingerprint density at radius 2 is 2.35 bits per heavy atom. The van der Waals surface area contributed by atoms with E-state index in [1.807, 2.05) is 38.1 Å². The van der Waals surface area contributed by atoms with Crippen LogP contribution in [0.3, 0.4) is 0 Å². The Hall–Kier alpha value is -1.62. The lowest BCUT2D eigenvalue weighted by Crippen LogP contribution is -2.41. The van der Waals surface area contributed by atoms with Crippen molar-refractivity contribution in [3.63, 3.8) is 0 Å². The molecule has 2 rings (SSSR count). The molecule has 0 spiro atoms. The van der Waals surface area contributed by atoms with E-state index in [4.69, 9.17) is 0 Å². The molecule has 1 aromatic rings. The largest absolute Gasteiger partial charge is 0.385 e. The molecular weight excluding hydrogens is 252 g/mol. The lowest BCUT2D eigenvalue weighted by molar-refractivity contribution is 0.0710. The molecule has 0 radical (unpaired) electrons. The monoisotopic (exact) mass is 276 g/mol. The van der Waals surface area contributed by atoms with Gasteiger partial charge in [-0.3, -0.25) is 9.78 Å². The minimum Gasteiger partial charge on any atom is -0.385 e. The Morgan fingerprint density at radius 1 is 1.55 bits per heavy atom. The number of nitrogens with zero attached hydrogens (tertiary/aromatic N) is 3. The van der Waals surface area contributed by atoms with Gasteiger partial charge in [0.25, 0.3) is 5.91 Å². The molecule has 1 fully saturated rings. The Morgan fingerprint density at radius 3 is 3.05 bits per heavy atom. The van der Waals surface area contributed by atoms with Crippen molar-refractivity contribution in [1.82, 2.24) is 14.8 Å². The zero-order valence-electron chi connectivity index (χ0n) is 12.6. The first kappa shape index (κ1) is 14.8. The van der Waals surface area contributed by atoms with Crippen LogP contribution in [-0.2, 0) is 0 Å². The topological polar surface area (TPSA) is 48.5 Å². The molecule has 0 saturated carbocycles. The summed E-state index contributed by atoms with van der Waals surface area (Å²) < 4.78 is 0. The van der Waals surface area contributed by atoms with Crippen LogP contribution in [0.2, 0.25) is 0 Å². The van der Waals surface area contributed by atoms with E-state index in [1.165, 1.54) is 0 Å². The van der Waals surface area contributed by atoms with Crippen LogP contribution in [0.25, 0.3) is 0 Å². The Labute approximate surface area is 121 Å². The molecule has 1 atom stereocenters. The molecule has 5 heteroatoms. The van der Waals surface area contributed by atoms with Crippen LogP contribution in [0.1, 0.15) is 30.3 Å². The summed E-state index contributed by atoms with van der Waals surface area (Å²) in [5.41, 5.74) is 1.49. The zero-order valence-corrected chi connectivity index (χ0v) is 12.6. The highest BCUT2D eigenvalue weighted by atomic mass is 16.2. The van der Waals surface area contributed by atoms with E-state index in [1.54, 1.807) is 6.20 Å². The molecule has 1 amide bonds. The second kappa shape index (κ2) is 6.70. The number of nitrogens with one attached hydrogen (secondary N) is 1. The second-order valence-electron chi connectivity index (χ2n) is 5.52. The molecule has 1 aliphatic heterocycles. The second-order valence-corrected chi connectivity index (χ2v) is 5.52. The van der Waals surface area contributed by atoms with Crippen LogP contribution in [0.5, 0.6) is 0 Å². The molecule has 0 aromatic carbocycles. The summed E-state index contributed by atoms with van der Waals surface area (Å²) in [6.45, 7) is 4.63. The number of pyridine rings is 1. The van der Waals surface area contributed by atoms with E-state index in [9.17, 15) is 4.79 Å². The van der Waals surface area contributed by atoms with Crippen molar-refractivity contribution in [3.05, 3.63) is 24.0 Å². The Bertz CT molecular complexity index is 461. The van der Waals surface area contributed by atoms with Crippen LogP contribution < -0.4 is 5.32 Å². The molecule has 0 bridgehead atoms. The van der Waals surface area contributed by atoms with Gasteiger partial charge in [-0.15, -0.1) is 0 Å². The molecule has 1 N–H and O–H groups in total. The third-order valence-electron chi connectivity index (χ3n) is 3.57. The van der Waals surface area contributed by atoms with Gasteiger partial charge in [-0.05, 0) is 46.0 Å². The molecule has 1 unspecified atom stereocenters. The van der Waals surface area contributed by atoms with E-state index in [0.29, 0.717) is 11.7 Å². The lowest BCUT2D eigenvalue weighted by Gasteiger charge is -2.27. The zero-order chi connectivity index (χ0) is 14.5. The minimum atomic E-state index is 0.0501. The number of likely N-dealkylation sites (N-methyl/N-ethyl adjacent to an activating group) is 1. The summed E-state index contributed by atoms with van der Waals surface area (Å²) in [7, 11) is 4.09. The Kier molecular flexibility index (Phi) is 4.95. The number of hydrogen-bond donors (Lipinski definition) is 1. The van der Waals surface area contributed by atoms with Gasteiger partial charge < -0.3 is 15.1 Å². The smallest absolute Gasteiger partial charge is 0.272 e. The van der Waals surface area contributed by atoms with Crippen molar-refractivity contribution >= 4 is 11.6 Å². The summed E-state index contributed by atoms with van der Waals surface area (Å²) in [5, 5.41) is 3.22. The minimum absolute atomic E-state index is 0.0501. The number of aromatic nitrogens is 1. The maximum Gasteiger partial charge on any atom is 0.272 e. The highest BCUT2D eigenvalue weighted by molar-refractivity contribution is 5.93. The summed E-state index contributed by atoms with van der Waals surface area (Å²) in [5.74, 6) is 0.0501. The standard InChI is InChI=1S/C15H24N4O/c1-4-16-12-7-8-17-14(10-12)15(20)19-9-5-6-13(19)11-18(2)3/h7-8,10,13H,4-6,9,11H2,1-3H3,(H,16,17). The van der Waals surface area contributed by atoms with Crippen molar-refractivity contribution in [2.75, 3.05) is 39.0 Å². The number of hydrogen-bond acceptors (Lipinski definition) is 4. The number of rotatable bonds is 5. The molecule has 20 heavy (non-hydrogen) atoms. The fourth-order valence-corrected chi connectivity index (χ4v) is 2.72. The van der Waals surface area contributed by atoms with Gasteiger partial charge in [0.15, 0.2) is 0 Å². The average Bonchev–Trinajstić information content (AvgIpc) is 2.86. The van der Waals surface area contributed by atoms with Crippen molar-refractivity contribution in [2.24, 2.45) is 0 Å². The first-order chi connectivity index (χ1) is 9.61. The highest BCUT2D eigenvalue weighted by Crippen LogP contribution is 2.21. The molecule has 1 aromatic heterocycles. The quantitative estimate of drug-likeness (QED) is 0.889. The van der Waals surface area contributed by atoms with Gasteiger partial charge in [-0.25, -0.2) is 0 Å². The summed E-state index contributed by atoms with van der Waals surface area (Å²) >= 11 is 0. The number of carbonyl (C=O) groups excluding carboxylic acids is 1. The lowest BCUT2D eigenvalue weighted by atomic mass is 10.2. The fraction of sp³-hybridized carbons (Fsp3) is 0.600. The van der Waals surface area contributed by atoms with Gasteiger partial charge in [0.05, 0.1) is 0 Å². The molecule has 110 valence electrons. The van der Waals surface area contributed by atoms with Crippen molar-refractivity contribution in [1.29, 1.82) is 0 Å². The van der Waals surface area contributed by atoms with Gasteiger partial charge in [0, 0.05) is 37.6 Å². The number of amides is 1. The third kappa shape index (κ3) is 3.48. The SMILES string of the molecule is CCNc1ccnc(C(=O)N2CCCC2CN(C)C)c1. The van der Waals surface area contributed by atoms with Crippen LogP contribution >= 0.6 is 0 Å². The first-order valence-electron chi connectivity index (χ1n) is 7.27. The first-order valence-corrected chi connectivity index (χ1v) is 7.27. The van der Waals surface area contributed by atoms with Crippen LogP contribution in [-0.4, -0.2) is 60.5 Å². The van der Waals surface area contributed by atoms with Gasteiger partial charge in [0.1, 0.15) is 5.69 Å². The molecule has 0 aliphatic carbocycles. The van der Waals surface area contributed by atoms with Gasteiger partial charge in [-0.1, -0.05) is 0 Å². The molecule has 5 nitrogen and oxygen atoms in total. The molecule has 2 heterocycles. The maximum absolute atomic E-state index is 12.6. The van der Waals surface area contributed by atoms with Crippen LogP contribution in [0.4, 0.5) is 5.69 Å². The van der Waals surface area contributed by atoms with E-state index < -0.39 is 0 Å². The van der Waals surface area contributed by atoms with Crippen molar-refractivity contribution in [3.8, 4) is 0 Å². The summed E-state index contributed by atoms with van der Waals surface area (Å²) in [4.78, 5) is 21.0. The number of anilines is 1. The molecule has 1 saturated heterocycles. The summed E-state index contributed by atoms with van der Waals surface area (Å²) in [6, 6.07) is 4.04. The van der Waals surface area contributed by atoms with Crippen LogP contribution in [0.15, 0.2) is 18.3 Å². The summed E-state index contributed by atoms with van der Waals surface area (Å²) in [6.07, 6.45) is 3.86. The maximum atomic E-state index is 12.6. The fourth-order valence-electron chi connectivity index (χ4n) is 2.72. The van der Waals surface area contributed by atoms with Gasteiger partial charge in [0.2, 0.25) is 0 Å². The van der Waals surface area contributed by atoms with E-state index in [0.717, 1.165) is 38.2 Å². The third-order valence-corrected chi connectivity index (χ3v) is 3.57. The molecule has 1 aliphatic rings. The van der Waals surface area contributed by atoms with E-state index in [-0.39, 0.29) is 5.91 Å². The average molecular weight is 276 g/mol. The van der Waals surface area contributed by atoms with Crippen LogP contribution in [0, 0.1) is 0 Å². The van der Waals surface area contributed by atoms with E-state index >= 15 is 0 Å². The highest BCUT2D eigenvalue weighted by Gasteiger charge is 2.30. The van der Waals surface area contributed by atoms with Crippen molar-refractivity contribution in [2.45, 2.75) is 25.8 Å². The van der Waals surface area contributed by atoms with E-state index in [2.05, 4.69) is 15.2 Å². The predicted octanol–water partition coefficient (Wildman–Crippen LogP) is 1.68. The number of carbonyl (C=O) groups is 1. The predicted molar refractivity (Wildman–Crippen MR) is 81.0 cm³/mol. The molecular formula is C15H24N4O. The van der Waals surface area contributed by atoms with Gasteiger partial charge in [-0.2, -0.15) is 0 Å².